The van der Waals surface area contributed by atoms with E-state index < -0.39 is 23.7 Å². The summed E-state index contributed by atoms with van der Waals surface area (Å²) in [5, 5.41) is 0. The Balaban J connectivity index is 3.14. The van der Waals surface area contributed by atoms with Gasteiger partial charge in [-0.15, -0.1) is 0 Å². The average Bonchev–Trinajstić information content (AvgIpc) is 2.27. The lowest BCUT2D eigenvalue weighted by Crippen LogP contribution is -2.26. The Kier molecular flexibility index (Phi) is 4.09. The summed E-state index contributed by atoms with van der Waals surface area (Å²) in [5.41, 5.74) is -0.239. The molecule has 0 amide bonds. The summed E-state index contributed by atoms with van der Waals surface area (Å²) < 4.78 is 36.0. The number of carbonyl (C=O) groups is 1. The zero-order valence-electron chi connectivity index (χ0n) is 9.21. The molecule has 1 rings (SSSR count). The Bertz CT molecular complexity index is 400. The summed E-state index contributed by atoms with van der Waals surface area (Å²) in [4.78, 5) is 11.6. The molecule has 0 aliphatic rings. The van der Waals surface area contributed by atoms with Gasteiger partial charge in [0.1, 0.15) is 0 Å². The molecule has 1 aromatic carbocycles. The standard InChI is InChI=1S/C11H12F2O3/c1-6-4-5-7(9(13)8(6)12)10(14)11(15-2)16-3/h4-5,11H,1-3H3. The number of carbonyl (C=O) groups excluding carboxylic acids is 1. The zero-order valence-corrected chi connectivity index (χ0v) is 9.21. The molecule has 0 bridgehead atoms. The third-order valence-corrected chi connectivity index (χ3v) is 2.18. The molecule has 5 heteroatoms. The summed E-state index contributed by atoms with van der Waals surface area (Å²) in [6.45, 7) is 1.41. The Morgan fingerprint density at radius 1 is 1.19 bits per heavy atom. The van der Waals surface area contributed by atoms with Crippen LogP contribution in [0.4, 0.5) is 8.78 Å². The molecule has 0 radical (unpaired) electrons. The molecule has 1 aromatic rings. The summed E-state index contributed by atoms with van der Waals surface area (Å²) >= 11 is 0. The SMILES string of the molecule is COC(OC)C(=O)c1ccc(C)c(F)c1F. The molecule has 0 heterocycles. The number of rotatable bonds is 4. The first-order chi connectivity index (χ1) is 7.52. The molecule has 0 unspecified atom stereocenters. The van der Waals surface area contributed by atoms with Crippen LogP contribution in [0.1, 0.15) is 15.9 Å². The molecule has 0 atom stereocenters. The van der Waals surface area contributed by atoms with Crippen LogP contribution in [-0.2, 0) is 9.47 Å². The number of methoxy groups -OCH3 is 2. The van der Waals surface area contributed by atoms with E-state index in [9.17, 15) is 13.6 Å². The summed E-state index contributed by atoms with van der Waals surface area (Å²) in [7, 11) is 2.49. The number of hydrogen-bond acceptors (Lipinski definition) is 3. The number of benzene rings is 1. The lowest BCUT2D eigenvalue weighted by molar-refractivity contribution is -0.0744. The normalized spacial score (nSPS) is 10.9. The van der Waals surface area contributed by atoms with Crippen LogP contribution in [0, 0.1) is 18.6 Å². The Labute approximate surface area is 92.0 Å². The van der Waals surface area contributed by atoms with E-state index in [2.05, 4.69) is 9.47 Å². The molecule has 0 N–H and O–H groups in total. The van der Waals surface area contributed by atoms with Crippen molar-refractivity contribution in [3.05, 3.63) is 34.9 Å². The minimum absolute atomic E-state index is 0.139. The lowest BCUT2D eigenvalue weighted by Gasteiger charge is -2.12. The van der Waals surface area contributed by atoms with Crippen LogP contribution in [0.15, 0.2) is 12.1 Å². The van der Waals surface area contributed by atoms with E-state index in [-0.39, 0.29) is 11.1 Å². The maximum atomic E-state index is 13.4. The topological polar surface area (TPSA) is 35.5 Å². The van der Waals surface area contributed by atoms with Crippen LogP contribution >= 0.6 is 0 Å². The first-order valence-electron chi connectivity index (χ1n) is 4.57. The van der Waals surface area contributed by atoms with Gasteiger partial charge in [0.25, 0.3) is 0 Å². The van der Waals surface area contributed by atoms with Gasteiger partial charge in [-0.05, 0) is 18.6 Å². The van der Waals surface area contributed by atoms with Crippen molar-refractivity contribution in [3.63, 3.8) is 0 Å². The fraction of sp³-hybridized carbons (Fsp3) is 0.364. The number of hydrogen-bond donors (Lipinski definition) is 0. The molecule has 0 aromatic heterocycles. The third kappa shape index (κ3) is 2.25. The van der Waals surface area contributed by atoms with E-state index >= 15 is 0 Å². The van der Waals surface area contributed by atoms with Crippen molar-refractivity contribution < 1.29 is 23.0 Å². The predicted molar refractivity (Wildman–Crippen MR) is 53.2 cm³/mol. The molecule has 0 aliphatic carbocycles. The van der Waals surface area contributed by atoms with Crippen LogP contribution < -0.4 is 0 Å². The summed E-state index contributed by atoms with van der Waals surface area (Å²) in [5.74, 6) is -2.96. The van der Waals surface area contributed by atoms with Gasteiger partial charge in [0.05, 0.1) is 5.56 Å². The summed E-state index contributed by atoms with van der Waals surface area (Å²) in [6, 6.07) is 2.54. The highest BCUT2D eigenvalue weighted by Gasteiger charge is 2.24. The molecule has 0 aliphatic heterocycles. The van der Waals surface area contributed by atoms with Crippen molar-refractivity contribution in [2.45, 2.75) is 13.2 Å². The minimum Gasteiger partial charge on any atom is -0.349 e. The van der Waals surface area contributed by atoms with Gasteiger partial charge in [0.15, 0.2) is 11.6 Å². The van der Waals surface area contributed by atoms with Gasteiger partial charge < -0.3 is 9.47 Å². The highest BCUT2D eigenvalue weighted by molar-refractivity contribution is 5.98. The van der Waals surface area contributed by atoms with Crippen molar-refractivity contribution >= 4 is 5.78 Å². The second-order valence-electron chi connectivity index (χ2n) is 3.23. The maximum absolute atomic E-state index is 13.4. The lowest BCUT2D eigenvalue weighted by atomic mass is 10.1. The van der Waals surface area contributed by atoms with Gasteiger partial charge in [0.2, 0.25) is 12.1 Å². The second-order valence-corrected chi connectivity index (χ2v) is 3.23. The quantitative estimate of drug-likeness (QED) is 0.586. The number of halogens is 2. The highest BCUT2D eigenvalue weighted by atomic mass is 19.2. The van der Waals surface area contributed by atoms with Gasteiger partial charge in [0, 0.05) is 14.2 Å². The Morgan fingerprint density at radius 3 is 2.25 bits per heavy atom. The molecule has 0 saturated carbocycles. The first-order valence-corrected chi connectivity index (χ1v) is 4.57. The number of aryl methyl sites for hydroxylation is 1. The molecule has 0 fully saturated rings. The van der Waals surface area contributed by atoms with Gasteiger partial charge >= 0.3 is 0 Å². The van der Waals surface area contributed by atoms with Crippen LogP contribution in [0.2, 0.25) is 0 Å². The predicted octanol–water partition coefficient (Wildman–Crippen LogP) is 2.07. The van der Waals surface area contributed by atoms with Crippen LogP contribution in [0.5, 0.6) is 0 Å². The van der Waals surface area contributed by atoms with Gasteiger partial charge in [-0.2, -0.15) is 0 Å². The molecule has 0 saturated heterocycles. The third-order valence-electron chi connectivity index (χ3n) is 2.18. The molecular weight excluding hydrogens is 218 g/mol. The first kappa shape index (κ1) is 12.7. The number of ether oxygens (including phenoxy) is 2. The van der Waals surface area contributed by atoms with Crippen LogP contribution in [0.25, 0.3) is 0 Å². The molecule has 0 spiro atoms. The monoisotopic (exact) mass is 230 g/mol. The van der Waals surface area contributed by atoms with E-state index in [0.717, 1.165) is 0 Å². The second kappa shape index (κ2) is 5.14. The van der Waals surface area contributed by atoms with Gasteiger partial charge in [-0.3, -0.25) is 4.79 Å². The minimum atomic E-state index is -1.23. The Hall–Kier alpha value is -1.33. The van der Waals surface area contributed by atoms with Crippen molar-refractivity contribution in [2.75, 3.05) is 14.2 Å². The van der Waals surface area contributed by atoms with Crippen molar-refractivity contribution in [2.24, 2.45) is 0 Å². The molecule has 88 valence electrons. The molecule has 3 nitrogen and oxygen atoms in total. The highest BCUT2D eigenvalue weighted by Crippen LogP contribution is 2.17. The van der Waals surface area contributed by atoms with E-state index in [1.54, 1.807) is 0 Å². The smallest absolute Gasteiger partial charge is 0.222 e. The van der Waals surface area contributed by atoms with Crippen LogP contribution in [0.3, 0.4) is 0 Å². The van der Waals surface area contributed by atoms with Gasteiger partial charge in [-0.1, -0.05) is 6.07 Å². The average molecular weight is 230 g/mol. The van der Waals surface area contributed by atoms with Crippen LogP contribution in [-0.4, -0.2) is 26.3 Å². The number of ketones is 1. The van der Waals surface area contributed by atoms with E-state index in [0.29, 0.717) is 0 Å². The van der Waals surface area contributed by atoms with E-state index in [1.807, 2.05) is 0 Å². The van der Waals surface area contributed by atoms with Crippen molar-refractivity contribution in [1.29, 1.82) is 0 Å². The molecule has 16 heavy (non-hydrogen) atoms. The zero-order chi connectivity index (χ0) is 12.3. The number of Topliss-reactive ketones (excluding diaryl/α,β-unsaturated/α-hetero) is 1. The fourth-order valence-electron chi connectivity index (χ4n) is 1.27. The van der Waals surface area contributed by atoms with E-state index in [4.69, 9.17) is 0 Å². The largest absolute Gasteiger partial charge is 0.349 e. The van der Waals surface area contributed by atoms with Gasteiger partial charge in [-0.25, -0.2) is 8.78 Å². The fourth-order valence-corrected chi connectivity index (χ4v) is 1.27. The maximum Gasteiger partial charge on any atom is 0.222 e. The van der Waals surface area contributed by atoms with E-state index in [1.165, 1.54) is 33.3 Å². The van der Waals surface area contributed by atoms with Crippen molar-refractivity contribution in [1.82, 2.24) is 0 Å². The van der Waals surface area contributed by atoms with Crippen molar-refractivity contribution in [3.8, 4) is 0 Å². The molecular formula is C11H12F2O3. The Morgan fingerprint density at radius 2 is 1.75 bits per heavy atom. The summed E-state index contributed by atoms with van der Waals surface area (Å²) in [6.07, 6.45) is -1.23.